The number of esters is 1. The first-order valence-corrected chi connectivity index (χ1v) is 11.2. The molecule has 168 valence electrons. The Morgan fingerprint density at radius 2 is 1.79 bits per heavy atom. The molecule has 1 aliphatic carbocycles. The standard InChI is InChI=1S/C28H26FNO3/c1-2-32-27(31)14-5-20-3-11-25(12-4-20)33-18-22-17-24(29)10-13-26(22)21-6-8-23(9-7-21)28(19-30)15-16-28/h3-4,6-13,17H,2,5,14-16,18H2,1H3. The second-order valence-electron chi connectivity index (χ2n) is 8.31. The lowest BCUT2D eigenvalue weighted by Gasteiger charge is -2.13. The number of benzene rings is 3. The molecular formula is C28H26FNO3. The van der Waals surface area contributed by atoms with Crippen LogP contribution >= 0.6 is 0 Å². The summed E-state index contributed by atoms with van der Waals surface area (Å²) in [4.78, 5) is 11.5. The Bertz CT molecular complexity index is 1160. The van der Waals surface area contributed by atoms with Crippen molar-refractivity contribution in [2.24, 2.45) is 0 Å². The molecule has 0 spiro atoms. The zero-order valence-corrected chi connectivity index (χ0v) is 18.6. The zero-order chi connectivity index (χ0) is 23.3. The Kier molecular flexibility index (Phi) is 6.74. The van der Waals surface area contributed by atoms with Crippen molar-refractivity contribution in [2.45, 2.75) is 44.6 Å². The molecule has 0 saturated heterocycles. The second kappa shape index (κ2) is 9.87. The minimum absolute atomic E-state index is 0.204. The SMILES string of the molecule is CCOC(=O)CCc1ccc(OCc2cc(F)ccc2-c2ccc(C3(C#N)CC3)cc2)cc1. The minimum atomic E-state index is -0.324. The highest BCUT2D eigenvalue weighted by atomic mass is 19.1. The summed E-state index contributed by atoms with van der Waals surface area (Å²) < 4.78 is 24.9. The first-order valence-electron chi connectivity index (χ1n) is 11.2. The number of nitriles is 1. The van der Waals surface area contributed by atoms with Gasteiger partial charge in [0.05, 0.1) is 18.1 Å². The van der Waals surface area contributed by atoms with Crippen molar-refractivity contribution in [3.05, 3.63) is 89.2 Å². The Balaban J connectivity index is 1.43. The molecular weight excluding hydrogens is 417 g/mol. The molecule has 0 aromatic heterocycles. The van der Waals surface area contributed by atoms with Crippen LogP contribution in [0.5, 0.6) is 5.75 Å². The largest absolute Gasteiger partial charge is 0.489 e. The Labute approximate surface area is 193 Å². The Morgan fingerprint density at radius 1 is 1.06 bits per heavy atom. The fourth-order valence-electron chi connectivity index (χ4n) is 3.92. The third-order valence-corrected chi connectivity index (χ3v) is 6.02. The van der Waals surface area contributed by atoms with Crippen LogP contribution in [0.25, 0.3) is 11.1 Å². The third-order valence-electron chi connectivity index (χ3n) is 6.02. The lowest BCUT2D eigenvalue weighted by Crippen LogP contribution is -2.05. The van der Waals surface area contributed by atoms with Crippen LogP contribution in [0, 0.1) is 17.1 Å². The fraction of sp³-hybridized carbons (Fsp3) is 0.286. The predicted octanol–water partition coefficient (Wildman–Crippen LogP) is 6.12. The summed E-state index contributed by atoms with van der Waals surface area (Å²) in [7, 11) is 0. The number of hydrogen-bond donors (Lipinski definition) is 0. The van der Waals surface area contributed by atoms with Gasteiger partial charge in [0.2, 0.25) is 0 Å². The van der Waals surface area contributed by atoms with E-state index in [9.17, 15) is 14.4 Å². The van der Waals surface area contributed by atoms with E-state index in [1.54, 1.807) is 13.0 Å². The molecule has 3 aromatic rings. The van der Waals surface area contributed by atoms with E-state index in [2.05, 4.69) is 6.07 Å². The monoisotopic (exact) mass is 443 g/mol. The average Bonchev–Trinajstić information content (AvgIpc) is 3.64. The zero-order valence-electron chi connectivity index (χ0n) is 18.6. The van der Waals surface area contributed by atoms with Crippen LogP contribution in [0.1, 0.15) is 42.9 Å². The molecule has 1 saturated carbocycles. The van der Waals surface area contributed by atoms with Crippen molar-refractivity contribution in [3.63, 3.8) is 0 Å². The second-order valence-corrected chi connectivity index (χ2v) is 8.31. The van der Waals surface area contributed by atoms with Crippen LogP contribution in [0.15, 0.2) is 66.7 Å². The van der Waals surface area contributed by atoms with Gasteiger partial charge in [0.25, 0.3) is 0 Å². The highest BCUT2D eigenvalue weighted by Gasteiger charge is 2.44. The number of halogens is 1. The summed E-state index contributed by atoms with van der Waals surface area (Å²) in [6.07, 6.45) is 2.76. The number of aryl methyl sites for hydroxylation is 1. The summed E-state index contributed by atoms with van der Waals surface area (Å²) >= 11 is 0. The van der Waals surface area contributed by atoms with E-state index >= 15 is 0 Å². The van der Waals surface area contributed by atoms with Gasteiger partial charge in [0.15, 0.2) is 0 Å². The van der Waals surface area contributed by atoms with Gasteiger partial charge in [-0.2, -0.15) is 5.26 Å². The molecule has 1 aliphatic rings. The molecule has 5 heteroatoms. The van der Waals surface area contributed by atoms with E-state index in [0.29, 0.717) is 25.2 Å². The molecule has 0 heterocycles. The quantitative estimate of drug-likeness (QED) is 0.374. The van der Waals surface area contributed by atoms with Crippen LogP contribution < -0.4 is 4.74 Å². The van der Waals surface area contributed by atoms with Crippen LogP contribution in [-0.4, -0.2) is 12.6 Å². The maximum absolute atomic E-state index is 14.0. The molecule has 4 nitrogen and oxygen atoms in total. The van der Waals surface area contributed by atoms with Gasteiger partial charge >= 0.3 is 5.97 Å². The van der Waals surface area contributed by atoms with Crippen LogP contribution in [-0.2, 0) is 28.0 Å². The first-order chi connectivity index (χ1) is 16.0. The molecule has 0 amide bonds. The molecule has 0 atom stereocenters. The van der Waals surface area contributed by atoms with Gasteiger partial charge in [0.1, 0.15) is 18.2 Å². The summed E-state index contributed by atoms with van der Waals surface area (Å²) in [5.74, 6) is 0.152. The maximum Gasteiger partial charge on any atom is 0.306 e. The number of ether oxygens (including phenoxy) is 2. The highest BCUT2D eigenvalue weighted by molar-refractivity contribution is 5.69. The summed E-state index contributed by atoms with van der Waals surface area (Å²) in [5.41, 5.74) is 4.34. The van der Waals surface area contributed by atoms with Crippen LogP contribution in [0.4, 0.5) is 4.39 Å². The van der Waals surface area contributed by atoms with Gasteiger partial charge in [-0.25, -0.2) is 4.39 Å². The predicted molar refractivity (Wildman–Crippen MR) is 124 cm³/mol. The van der Waals surface area contributed by atoms with Gasteiger partial charge in [-0.15, -0.1) is 0 Å². The minimum Gasteiger partial charge on any atom is -0.489 e. The van der Waals surface area contributed by atoms with E-state index in [1.807, 2.05) is 48.5 Å². The Hall–Kier alpha value is -3.65. The van der Waals surface area contributed by atoms with E-state index in [1.165, 1.54) is 12.1 Å². The van der Waals surface area contributed by atoms with Crippen LogP contribution in [0.2, 0.25) is 0 Å². The highest BCUT2D eigenvalue weighted by Crippen LogP contribution is 2.47. The average molecular weight is 444 g/mol. The van der Waals surface area contributed by atoms with Crippen molar-refractivity contribution in [2.75, 3.05) is 6.61 Å². The number of rotatable bonds is 9. The molecule has 4 rings (SSSR count). The Morgan fingerprint density at radius 3 is 2.42 bits per heavy atom. The molecule has 33 heavy (non-hydrogen) atoms. The van der Waals surface area contributed by atoms with Crippen molar-refractivity contribution in [3.8, 4) is 22.9 Å². The van der Waals surface area contributed by atoms with E-state index in [4.69, 9.17) is 9.47 Å². The van der Waals surface area contributed by atoms with Crippen molar-refractivity contribution < 1.29 is 18.7 Å². The molecule has 0 aliphatic heterocycles. The lowest BCUT2D eigenvalue weighted by atomic mass is 9.93. The third kappa shape index (κ3) is 5.40. The van der Waals surface area contributed by atoms with Gasteiger partial charge in [0, 0.05) is 6.42 Å². The molecule has 0 bridgehead atoms. The van der Waals surface area contributed by atoms with E-state index in [-0.39, 0.29) is 23.8 Å². The fourth-order valence-corrected chi connectivity index (χ4v) is 3.92. The number of carbonyl (C=O) groups is 1. The first kappa shape index (κ1) is 22.5. The molecule has 0 radical (unpaired) electrons. The number of nitrogens with zero attached hydrogens (tertiary/aromatic N) is 1. The van der Waals surface area contributed by atoms with Gasteiger partial charge < -0.3 is 9.47 Å². The van der Waals surface area contributed by atoms with Crippen LogP contribution in [0.3, 0.4) is 0 Å². The molecule has 0 unspecified atom stereocenters. The smallest absolute Gasteiger partial charge is 0.306 e. The topological polar surface area (TPSA) is 59.3 Å². The van der Waals surface area contributed by atoms with Crippen molar-refractivity contribution in [1.29, 1.82) is 5.26 Å². The van der Waals surface area contributed by atoms with Gasteiger partial charge in [-0.3, -0.25) is 4.79 Å². The van der Waals surface area contributed by atoms with Crippen molar-refractivity contribution in [1.82, 2.24) is 0 Å². The summed E-state index contributed by atoms with van der Waals surface area (Å²) in [5, 5.41) is 9.41. The van der Waals surface area contributed by atoms with Gasteiger partial charge in [-0.1, -0.05) is 42.5 Å². The van der Waals surface area contributed by atoms with Crippen molar-refractivity contribution >= 4 is 5.97 Å². The molecule has 0 N–H and O–H groups in total. The molecule has 3 aromatic carbocycles. The number of carbonyl (C=O) groups excluding carboxylic acids is 1. The van der Waals surface area contributed by atoms with E-state index in [0.717, 1.165) is 40.7 Å². The summed E-state index contributed by atoms with van der Waals surface area (Å²) in [6, 6.07) is 22.6. The lowest BCUT2D eigenvalue weighted by molar-refractivity contribution is -0.143. The molecule has 1 fully saturated rings. The maximum atomic E-state index is 14.0. The summed E-state index contributed by atoms with van der Waals surface area (Å²) in [6.45, 7) is 2.40. The number of hydrogen-bond acceptors (Lipinski definition) is 4. The van der Waals surface area contributed by atoms with E-state index < -0.39 is 0 Å². The normalized spacial score (nSPS) is 13.7. The van der Waals surface area contributed by atoms with Gasteiger partial charge in [-0.05, 0) is 78.3 Å².